The Morgan fingerprint density at radius 2 is 2.00 bits per heavy atom. The Hall–Kier alpha value is -1.88. The average Bonchev–Trinajstić information content (AvgIpc) is 2.56. The van der Waals surface area contributed by atoms with Gasteiger partial charge in [-0.25, -0.2) is 0 Å². The van der Waals surface area contributed by atoms with Crippen LogP contribution in [0.1, 0.15) is 56.0 Å². The molecule has 0 aromatic heterocycles. The predicted molar refractivity (Wildman–Crippen MR) is 101 cm³/mol. The molecule has 1 aromatic rings. The SMILES string of the molecule is Cc1ccccc1C(=O)NC(CC(C)C)C(=O)NC1CCCNC1C. The van der Waals surface area contributed by atoms with Crippen LogP contribution in [-0.4, -0.2) is 36.5 Å². The summed E-state index contributed by atoms with van der Waals surface area (Å²) in [5, 5.41) is 9.46. The van der Waals surface area contributed by atoms with Crippen LogP contribution >= 0.6 is 0 Å². The molecule has 0 radical (unpaired) electrons. The summed E-state index contributed by atoms with van der Waals surface area (Å²) in [5.41, 5.74) is 1.53. The molecule has 3 atom stereocenters. The van der Waals surface area contributed by atoms with Gasteiger partial charge in [0.2, 0.25) is 5.91 Å². The van der Waals surface area contributed by atoms with E-state index >= 15 is 0 Å². The zero-order valence-electron chi connectivity index (χ0n) is 15.8. The monoisotopic (exact) mass is 345 g/mol. The second kappa shape index (κ2) is 8.99. The van der Waals surface area contributed by atoms with Crippen LogP contribution in [0.4, 0.5) is 0 Å². The van der Waals surface area contributed by atoms with Gasteiger partial charge in [-0.1, -0.05) is 32.0 Å². The summed E-state index contributed by atoms with van der Waals surface area (Å²) < 4.78 is 0. The van der Waals surface area contributed by atoms with E-state index in [9.17, 15) is 9.59 Å². The van der Waals surface area contributed by atoms with Gasteiger partial charge >= 0.3 is 0 Å². The third-order valence-electron chi connectivity index (χ3n) is 4.81. The molecule has 2 amide bonds. The highest BCUT2D eigenvalue weighted by Crippen LogP contribution is 2.12. The van der Waals surface area contributed by atoms with Crippen molar-refractivity contribution in [3.05, 3.63) is 35.4 Å². The molecule has 1 saturated heterocycles. The van der Waals surface area contributed by atoms with Crippen molar-refractivity contribution in [2.75, 3.05) is 6.54 Å². The molecule has 3 unspecified atom stereocenters. The van der Waals surface area contributed by atoms with Crippen molar-refractivity contribution in [3.63, 3.8) is 0 Å². The third kappa shape index (κ3) is 5.56. The molecule has 5 heteroatoms. The maximum Gasteiger partial charge on any atom is 0.252 e. The molecule has 1 aromatic carbocycles. The smallest absolute Gasteiger partial charge is 0.252 e. The van der Waals surface area contributed by atoms with Crippen LogP contribution in [-0.2, 0) is 4.79 Å². The van der Waals surface area contributed by atoms with Crippen LogP contribution in [0.2, 0.25) is 0 Å². The maximum atomic E-state index is 12.8. The largest absolute Gasteiger partial charge is 0.350 e. The Morgan fingerprint density at radius 3 is 2.64 bits per heavy atom. The Labute approximate surface area is 151 Å². The fourth-order valence-electron chi connectivity index (χ4n) is 3.29. The van der Waals surface area contributed by atoms with E-state index in [0.717, 1.165) is 24.9 Å². The Kier molecular flexibility index (Phi) is 7.00. The quantitative estimate of drug-likeness (QED) is 0.741. The molecule has 3 N–H and O–H groups in total. The summed E-state index contributed by atoms with van der Waals surface area (Å²) in [6, 6.07) is 7.30. The minimum atomic E-state index is -0.513. The average molecular weight is 345 g/mol. The fraction of sp³-hybridized carbons (Fsp3) is 0.600. The van der Waals surface area contributed by atoms with Gasteiger partial charge in [-0.05, 0) is 57.2 Å². The first kappa shape index (κ1) is 19.4. The number of aryl methyl sites for hydroxylation is 1. The lowest BCUT2D eigenvalue weighted by Crippen LogP contribution is -2.56. The van der Waals surface area contributed by atoms with Crippen LogP contribution in [0.15, 0.2) is 24.3 Å². The van der Waals surface area contributed by atoms with E-state index in [-0.39, 0.29) is 23.9 Å². The highest BCUT2D eigenvalue weighted by Gasteiger charge is 2.28. The Morgan fingerprint density at radius 1 is 1.28 bits per heavy atom. The number of piperidine rings is 1. The van der Waals surface area contributed by atoms with Crippen molar-refractivity contribution in [3.8, 4) is 0 Å². The molecule has 0 bridgehead atoms. The first-order valence-electron chi connectivity index (χ1n) is 9.28. The highest BCUT2D eigenvalue weighted by molar-refractivity contribution is 5.98. The molecule has 0 spiro atoms. The lowest BCUT2D eigenvalue weighted by molar-refractivity contribution is -0.124. The van der Waals surface area contributed by atoms with Crippen molar-refractivity contribution in [2.24, 2.45) is 5.92 Å². The lowest BCUT2D eigenvalue weighted by Gasteiger charge is -2.32. The van der Waals surface area contributed by atoms with Gasteiger partial charge in [-0.2, -0.15) is 0 Å². The second-order valence-corrected chi connectivity index (χ2v) is 7.47. The van der Waals surface area contributed by atoms with Gasteiger partial charge in [-0.3, -0.25) is 9.59 Å². The lowest BCUT2D eigenvalue weighted by atomic mass is 9.97. The number of nitrogens with one attached hydrogen (secondary N) is 3. The molecular weight excluding hydrogens is 314 g/mol. The van der Waals surface area contributed by atoms with Gasteiger partial charge in [0.05, 0.1) is 0 Å². The molecule has 1 aliphatic heterocycles. The van der Waals surface area contributed by atoms with Crippen molar-refractivity contribution in [2.45, 2.75) is 65.1 Å². The number of hydrogen-bond acceptors (Lipinski definition) is 3. The standard InChI is InChI=1S/C20H31N3O2/c1-13(2)12-18(20(25)22-17-10-7-11-21-15(17)4)23-19(24)16-9-6-5-8-14(16)3/h5-6,8-9,13,15,17-18,21H,7,10-12H2,1-4H3,(H,22,25)(H,23,24). The maximum absolute atomic E-state index is 12.8. The topological polar surface area (TPSA) is 70.2 Å². The number of rotatable bonds is 6. The first-order chi connectivity index (χ1) is 11.9. The van der Waals surface area contributed by atoms with E-state index in [1.807, 2.05) is 25.1 Å². The van der Waals surface area contributed by atoms with E-state index in [0.29, 0.717) is 17.9 Å². The second-order valence-electron chi connectivity index (χ2n) is 7.47. The van der Waals surface area contributed by atoms with Gasteiger partial charge in [0.25, 0.3) is 5.91 Å². The van der Waals surface area contributed by atoms with Gasteiger partial charge in [0.1, 0.15) is 6.04 Å². The van der Waals surface area contributed by atoms with E-state index in [2.05, 4.69) is 36.7 Å². The van der Waals surface area contributed by atoms with Gasteiger partial charge < -0.3 is 16.0 Å². The summed E-state index contributed by atoms with van der Waals surface area (Å²) >= 11 is 0. The first-order valence-corrected chi connectivity index (χ1v) is 9.28. The number of carbonyl (C=O) groups excluding carboxylic acids is 2. The Balaban J connectivity index is 2.05. The molecule has 2 rings (SSSR count). The summed E-state index contributed by atoms with van der Waals surface area (Å²) in [7, 11) is 0. The van der Waals surface area contributed by atoms with Crippen LogP contribution in [0.3, 0.4) is 0 Å². The number of hydrogen-bond donors (Lipinski definition) is 3. The third-order valence-corrected chi connectivity index (χ3v) is 4.81. The molecule has 1 aliphatic rings. The summed E-state index contributed by atoms with van der Waals surface area (Å²) in [4.78, 5) is 25.4. The zero-order valence-corrected chi connectivity index (χ0v) is 15.8. The van der Waals surface area contributed by atoms with Crippen LogP contribution in [0.25, 0.3) is 0 Å². The number of carbonyl (C=O) groups is 2. The molecule has 0 saturated carbocycles. The summed E-state index contributed by atoms with van der Waals surface area (Å²) in [5.74, 6) is 0.0414. The van der Waals surface area contributed by atoms with Gasteiger partial charge in [0, 0.05) is 17.6 Å². The van der Waals surface area contributed by atoms with E-state index in [1.54, 1.807) is 6.07 Å². The molecule has 5 nitrogen and oxygen atoms in total. The van der Waals surface area contributed by atoms with Crippen molar-refractivity contribution in [1.82, 2.24) is 16.0 Å². The summed E-state index contributed by atoms with van der Waals surface area (Å²) in [6.45, 7) is 9.11. The zero-order chi connectivity index (χ0) is 18.4. The molecule has 0 aliphatic carbocycles. The molecule has 1 fully saturated rings. The summed E-state index contributed by atoms with van der Waals surface area (Å²) in [6.07, 6.45) is 2.65. The van der Waals surface area contributed by atoms with Crippen molar-refractivity contribution in [1.29, 1.82) is 0 Å². The molecular formula is C20H31N3O2. The van der Waals surface area contributed by atoms with E-state index < -0.39 is 6.04 Å². The number of benzene rings is 1. The van der Waals surface area contributed by atoms with Crippen molar-refractivity contribution < 1.29 is 9.59 Å². The van der Waals surface area contributed by atoms with E-state index in [1.165, 1.54) is 0 Å². The van der Waals surface area contributed by atoms with Crippen molar-refractivity contribution >= 4 is 11.8 Å². The van der Waals surface area contributed by atoms with E-state index in [4.69, 9.17) is 0 Å². The van der Waals surface area contributed by atoms with Gasteiger partial charge in [-0.15, -0.1) is 0 Å². The molecule has 25 heavy (non-hydrogen) atoms. The van der Waals surface area contributed by atoms with Crippen LogP contribution < -0.4 is 16.0 Å². The number of amides is 2. The van der Waals surface area contributed by atoms with Gasteiger partial charge in [0.15, 0.2) is 0 Å². The van der Waals surface area contributed by atoms with Crippen LogP contribution in [0.5, 0.6) is 0 Å². The Bertz CT molecular complexity index is 600. The molecule has 138 valence electrons. The minimum Gasteiger partial charge on any atom is -0.350 e. The molecule has 1 heterocycles. The minimum absolute atomic E-state index is 0.0869. The van der Waals surface area contributed by atoms with Crippen LogP contribution in [0, 0.1) is 12.8 Å². The highest BCUT2D eigenvalue weighted by atomic mass is 16.2. The normalized spacial score (nSPS) is 21.6. The predicted octanol–water partition coefficient (Wildman–Crippen LogP) is 2.40. The fourth-order valence-corrected chi connectivity index (χ4v) is 3.29.